The van der Waals surface area contributed by atoms with Crippen LogP contribution in [0.2, 0.25) is 0 Å². The highest BCUT2D eigenvalue weighted by Crippen LogP contribution is 2.25. The van der Waals surface area contributed by atoms with Crippen molar-refractivity contribution >= 4 is 5.91 Å². The number of nitrogens with one attached hydrogen (secondary N) is 2. The van der Waals surface area contributed by atoms with E-state index in [-0.39, 0.29) is 11.9 Å². The van der Waals surface area contributed by atoms with E-state index < -0.39 is 0 Å². The molecule has 0 aromatic heterocycles. The summed E-state index contributed by atoms with van der Waals surface area (Å²) < 4.78 is 0. The minimum atomic E-state index is 0.0136. The second-order valence-corrected chi connectivity index (χ2v) is 5.04. The quantitative estimate of drug-likeness (QED) is 0.650. The molecule has 2 rings (SSSR count). The van der Waals surface area contributed by atoms with Crippen molar-refractivity contribution < 1.29 is 4.79 Å². The largest absolute Gasteiger partial charge is 0.355 e. The molecular weight excluding hydrogens is 202 g/mol. The van der Waals surface area contributed by atoms with Crippen LogP contribution in [0.15, 0.2) is 0 Å². The van der Waals surface area contributed by atoms with E-state index in [0.29, 0.717) is 12.0 Å². The third kappa shape index (κ3) is 2.74. The molecule has 1 aliphatic carbocycles. The van der Waals surface area contributed by atoms with Gasteiger partial charge in [-0.15, -0.1) is 0 Å². The van der Waals surface area contributed by atoms with Gasteiger partial charge >= 0.3 is 0 Å². The van der Waals surface area contributed by atoms with Crippen LogP contribution >= 0.6 is 0 Å². The SMILES string of the molecule is NCC1CCCC1NC1CCCCNC1=O. The van der Waals surface area contributed by atoms with E-state index in [9.17, 15) is 4.79 Å². The Bertz CT molecular complexity index is 244. The Morgan fingerprint density at radius 1 is 1.25 bits per heavy atom. The van der Waals surface area contributed by atoms with Crippen LogP contribution < -0.4 is 16.4 Å². The summed E-state index contributed by atoms with van der Waals surface area (Å²) in [6.45, 7) is 1.58. The van der Waals surface area contributed by atoms with Gasteiger partial charge in [0.1, 0.15) is 0 Å². The number of hydrogen-bond donors (Lipinski definition) is 3. The second-order valence-electron chi connectivity index (χ2n) is 5.04. The number of rotatable bonds is 3. The Balaban J connectivity index is 1.89. The average Bonchev–Trinajstić information content (AvgIpc) is 2.64. The van der Waals surface area contributed by atoms with Gasteiger partial charge < -0.3 is 16.4 Å². The van der Waals surface area contributed by atoms with E-state index >= 15 is 0 Å². The Morgan fingerprint density at radius 3 is 2.94 bits per heavy atom. The molecule has 1 saturated heterocycles. The average molecular weight is 225 g/mol. The van der Waals surface area contributed by atoms with Crippen LogP contribution in [0.4, 0.5) is 0 Å². The Morgan fingerprint density at radius 2 is 2.12 bits per heavy atom. The fraction of sp³-hybridized carbons (Fsp3) is 0.917. The van der Waals surface area contributed by atoms with Crippen molar-refractivity contribution in [3.63, 3.8) is 0 Å². The first-order valence-electron chi connectivity index (χ1n) is 6.55. The fourth-order valence-electron chi connectivity index (χ4n) is 2.90. The molecule has 0 radical (unpaired) electrons. The number of carbonyl (C=O) groups is 1. The minimum absolute atomic E-state index is 0.0136. The van der Waals surface area contributed by atoms with E-state index in [2.05, 4.69) is 10.6 Å². The number of amides is 1. The molecule has 92 valence electrons. The number of carbonyl (C=O) groups excluding carboxylic acids is 1. The number of hydrogen-bond acceptors (Lipinski definition) is 3. The van der Waals surface area contributed by atoms with Crippen LogP contribution in [0.5, 0.6) is 0 Å². The second kappa shape index (κ2) is 5.64. The smallest absolute Gasteiger partial charge is 0.237 e. The molecule has 4 nitrogen and oxygen atoms in total. The lowest BCUT2D eigenvalue weighted by molar-refractivity contribution is -0.123. The summed E-state index contributed by atoms with van der Waals surface area (Å²) in [5, 5.41) is 6.49. The Kier molecular flexibility index (Phi) is 4.18. The van der Waals surface area contributed by atoms with Crippen molar-refractivity contribution in [2.45, 2.75) is 50.6 Å². The maximum absolute atomic E-state index is 11.8. The van der Waals surface area contributed by atoms with Gasteiger partial charge in [0.2, 0.25) is 5.91 Å². The van der Waals surface area contributed by atoms with Crippen molar-refractivity contribution in [3.8, 4) is 0 Å². The third-order valence-corrected chi connectivity index (χ3v) is 3.91. The summed E-state index contributed by atoms with van der Waals surface area (Å²) in [5.41, 5.74) is 5.75. The molecule has 3 unspecified atom stereocenters. The normalized spacial score (nSPS) is 35.8. The summed E-state index contributed by atoms with van der Waals surface area (Å²) in [6, 6.07) is 0.471. The highest BCUT2D eigenvalue weighted by molar-refractivity contribution is 5.81. The van der Waals surface area contributed by atoms with Gasteiger partial charge in [0.15, 0.2) is 0 Å². The molecule has 4 heteroatoms. The molecule has 2 fully saturated rings. The van der Waals surface area contributed by atoms with Gasteiger partial charge in [-0.2, -0.15) is 0 Å². The summed E-state index contributed by atoms with van der Waals surface area (Å²) in [6.07, 6.45) is 6.84. The van der Waals surface area contributed by atoms with E-state index in [1.54, 1.807) is 0 Å². The minimum Gasteiger partial charge on any atom is -0.355 e. The maximum atomic E-state index is 11.8. The zero-order valence-electron chi connectivity index (χ0n) is 9.87. The van der Waals surface area contributed by atoms with E-state index in [1.165, 1.54) is 19.3 Å². The lowest BCUT2D eigenvalue weighted by Crippen LogP contribution is -2.49. The van der Waals surface area contributed by atoms with Crippen LogP contribution in [0.25, 0.3) is 0 Å². The summed E-state index contributed by atoms with van der Waals surface area (Å²) >= 11 is 0. The molecule has 1 heterocycles. The van der Waals surface area contributed by atoms with Gasteiger partial charge in [0.05, 0.1) is 6.04 Å². The van der Waals surface area contributed by atoms with E-state index in [1.807, 2.05) is 0 Å². The van der Waals surface area contributed by atoms with Gasteiger partial charge in [0, 0.05) is 12.6 Å². The molecule has 16 heavy (non-hydrogen) atoms. The van der Waals surface area contributed by atoms with Crippen LogP contribution in [0.3, 0.4) is 0 Å². The van der Waals surface area contributed by atoms with Gasteiger partial charge in [-0.05, 0) is 44.6 Å². The molecule has 4 N–H and O–H groups in total. The highest BCUT2D eigenvalue weighted by Gasteiger charge is 2.30. The van der Waals surface area contributed by atoms with Crippen molar-refractivity contribution in [1.82, 2.24) is 10.6 Å². The summed E-state index contributed by atoms with van der Waals surface area (Å²) in [5.74, 6) is 0.747. The maximum Gasteiger partial charge on any atom is 0.237 e. The molecule has 0 spiro atoms. The monoisotopic (exact) mass is 225 g/mol. The fourth-order valence-corrected chi connectivity index (χ4v) is 2.90. The van der Waals surface area contributed by atoms with Gasteiger partial charge in [-0.25, -0.2) is 0 Å². The van der Waals surface area contributed by atoms with E-state index in [0.717, 1.165) is 32.4 Å². The summed E-state index contributed by atoms with van der Waals surface area (Å²) in [4.78, 5) is 11.8. The van der Waals surface area contributed by atoms with Crippen molar-refractivity contribution in [3.05, 3.63) is 0 Å². The van der Waals surface area contributed by atoms with Crippen LogP contribution in [0.1, 0.15) is 38.5 Å². The molecule has 1 aliphatic heterocycles. The zero-order valence-corrected chi connectivity index (χ0v) is 9.87. The van der Waals surface area contributed by atoms with E-state index in [4.69, 9.17) is 5.73 Å². The molecule has 3 atom stereocenters. The molecule has 0 aromatic rings. The zero-order chi connectivity index (χ0) is 11.4. The summed E-state index contributed by atoms with van der Waals surface area (Å²) in [7, 11) is 0. The first-order chi connectivity index (χ1) is 7.81. The molecule has 0 bridgehead atoms. The van der Waals surface area contributed by atoms with Crippen molar-refractivity contribution in [2.24, 2.45) is 11.7 Å². The predicted molar refractivity (Wildman–Crippen MR) is 64.0 cm³/mol. The van der Waals surface area contributed by atoms with Crippen molar-refractivity contribution in [2.75, 3.05) is 13.1 Å². The van der Waals surface area contributed by atoms with Crippen LogP contribution in [-0.4, -0.2) is 31.1 Å². The lowest BCUT2D eigenvalue weighted by atomic mass is 10.0. The highest BCUT2D eigenvalue weighted by atomic mass is 16.2. The molecular formula is C12H23N3O. The molecule has 1 saturated carbocycles. The van der Waals surface area contributed by atoms with Crippen LogP contribution in [0, 0.1) is 5.92 Å². The standard InChI is InChI=1S/C12H23N3O/c13-8-9-4-3-6-10(9)15-11-5-1-2-7-14-12(11)16/h9-11,15H,1-8,13H2,(H,14,16). The lowest BCUT2D eigenvalue weighted by Gasteiger charge is -2.24. The Hall–Kier alpha value is -0.610. The van der Waals surface area contributed by atoms with Gasteiger partial charge in [-0.1, -0.05) is 6.42 Å². The predicted octanol–water partition coefficient (Wildman–Crippen LogP) is 0.372. The van der Waals surface area contributed by atoms with Gasteiger partial charge in [0.25, 0.3) is 0 Å². The molecule has 1 amide bonds. The first kappa shape index (κ1) is 11.9. The third-order valence-electron chi connectivity index (χ3n) is 3.91. The number of nitrogens with two attached hydrogens (primary N) is 1. The first-order valence-corrected chi connectivity index (χ1v) is 6.55. The molecule has 0 aromatic carbocycles. The van der Waals surface area contributed by atoms with Gasteiger partial charge in [-0.3, -0.25) is 4.79 Å². The van der Waals surface area contributed by atoms with Crippen molar-refractivity contribution in [1.29, 1.82) is 0 Å². The topological polar surface area (TPSA) is 67.2 Å². The molecule has 2 aliphatic rings. The van der Waals surface area contributed by atoms with Crippen LogP contribution in [-0.2, 0) is 4.79 Å². The Labute approximate surface area is 97.3 Å².